The lowest BCUT2D eigenvalue weighted by atomic mass is 9.88. The van der Waals surface area contributed by atoms with E-state index in [9.17, 15) is 0 Å². The predicted molar refractivity (Wildman–Crippen MR) is 93.1 cm³/mol. The van der Waals surface area contributed by atoms with Crippen LogP contribution in [-0.2, 0) is 12.8 Å². The molecule has 0 aromatic heterocycles. The average molecular weight is 365 g/mol. The van der Waals surface area contributed by atoms with Crippen LogP contribution in [0, 0.1) is 0 Å². The van der Waals surface area contributed by atoms with Crippen LogP contribution < -0.4 is 5.32 Å². The van der Waals surface area contributed by atoms with Gasteiger partial charge in [0, 0.05) is 4.47 Å². The normalized spacial score (nSPS) is 15.6. The number of hydrogen-bond acceptors (Lipinski definition) is 1. The molecular formula is C18H19BrClN. The first-order valence-electron chi connectivity index (χ1n) is 7.43. The Labute approximate surface area is 139 Å². The minimum atomic E-state index is 0.200. The number of nitrogens with one attached hydrogen (secondary N) is 1. The van der Waals surface area contributed by atoms with Crippen molar-refractivity contribution in [2.24, 2.45) is 0 Å². The van der Waals surface area contributed by atoms with Crippen molar-refractivity contribution in [3.8, 4) is 0 Å². The summed E-state index contributed by atoms with van der Waals surface area (Å²) in [5.41, 5.74) is 5.60. The fourth-order valence-electron chi connectivity index (χ4n) is 3.15. The Bertz CT molecular complexity index is 654. The highest BCUT2D eigenvalue weighted by atomic mass is 79.9. The molecule has 0 bridgehead atoms. The standard InChI is InChI=1S/C18H19BrClN/c1-21-18(15-8-9-17(20)16(19)11-15)14-7-6-12-4-2-3-5-13(12)10-14/h6-11,18,21H,2-5H2,1H3. The second-order valence-corrected chi connectivity index (χ2v) is 6.89. The molecule has 0 aliphatic heterocycles. The van der Waals surface area contributed by atoms with Crippen molar-refractivity contribution >= 4 is 27.5 Å². The monoisotopic (exact) mass is 363 g/mol. The maximum absolute atomic E-state index is 6.10. The molecule has 0 saturated carbocycles. The van der Waals surface area contributed by atoms with E-state index in [0.717, 1.165) is 9.50 Å². The first kappa shape index (κ1) is 15.1. The van der Waals surface area contributed by atoms with E-state index >= 15 is 0 Å². The lowest BCUT2D eigenvalue weighted by molar-refractivity contribution is 0.668. The van der Waals surface area contributed by atoms with Gasteiger partial charge in [0.05, 0.1) is 11.1 Å². The number of rotatable bonds is 3. The Kier molecular flexibility index (Phi) is 4.68. The number of halogens is 2. The lowest BCUT2D eigenvalue weighted by Crippen LogP contribution is -2.18. The summed E-state index contributed by atoms with van der Waals surface area (Å²) in [5, 5.41) is 4.17. The maximum Gasteiger partial charge on any atom is 0.0574 e. The van der Waals surface area contributed by atoms with Crippen LogP contribution in [0.25, 0.3) is 0 Å². The first-order chi connectivity index (χ1) is 10.2. The van der Waals surface area contributed by atoms with Crippen molar-refractivity contribution in [1.82, 2.24) is 5.32 Å². The molecule has 1 atom stereocenters. The number of fused-ring (bicyclic) bond motifs is 1. The van der Waals surface area contributed by atoms with Gasteiger partial charge >= 0.3 is 0 Å². The highest BCUT2D eigenvalue weighted by Crippen LogP contribution is 2.31. The molecule has 0 fully saturated rings. The van der Waals surface area contributed by atoms with E-state index in [1.165, 1.54) is 47.9 Å². The van der Waals surface area contributed by atoms with Crippen molar-refractivity contribution in [3.63, 3.8) is 0 Å². The zero-order chi connectivity index (χ0) is 14.8. The van der Waals surface area contributed by atoms with Gasteiger partial charge in [0.25, 0.3) is 0 Å². The molecule has 1 aliphatic rings. The van der Waals surface area contributed by atoms with Gasteiger partial charge in [0.1, 0.15) is 0 Å². The van der Waals surface area contributed by atoms with Crippen molar-refractivity contribution in [2.75, 3.05) is 7.05 Å². The summed E-state index contributed by atoms with van der Waals surface area (Å²) in [6, 6.07) is 13.3. The van der Waals surface area contributed by atoms with Gasteiger partial charge in [-0.05, 0) is 83.0 Å². The SMILES string of the molecule is CNC(c1ccc(Cl)c(Br)c1)c1ccc2c(c1)CCCC2. The molecule has 1 nitrogen and oxygen atoms in total. The molecular weight excluding hydrogens is 346 g/mol. The van der Waals surface area contributed by atoms with E-state index in [4.69, 9.17) is 11.6 Å². The maximum atomic E-state index is 6.10. The first-order valence-corrected chi connectivity index (χ1v) is 8.60. The fourth-order valence-corrected chi connectivity index (χ4v) is 3.66. The van der Waals surface area contributed by atoms with Gasteiger partial charge < -0.3 is 5.32 Å². The zero-order valence-electron chi connectivity index (χ0n) is 12.1. The van der Waals surface area contributed by atoms with E-state index in [2.05, 4.69) is 51.6 Å². The number of hydrogen-bond donors (Lipinski definition) is 1. The Morgan fingerprint density at radius 2 is 1.67 bits per heavy atom. The third-order valence-electron chi connectivity index (χ3n) is 4.27. The average Bonchev–Trinajstić information content (AvgIpc) is 2.51. The molecule has 0 saturated heterocycles. The van der Waals surface area contributed by atoms with Crippen LogP contribution in [0.5, 0.6) is 0 Å². The fraction of sp³-hybridized carbons (Fsp3) is 0.333. The smallest absolute Gasteiger partial charge is 0.0574 e. The Morgan fingerprint density at radius 3 is 2.38 bits per heavy atom. The van der Waals surface area contributed by atoms with Crippen LogP contribution in [0.1, 0.15) is 41.1 Å². The molecule has 0 spiro atoms. The molecule has 3 rings (SSSR count). The van der Waals surface area contributed by atoms with E-state index in [1.807, 2.05) is 13.1 Å². The molecule has 21 heavy (non-hydrogen) atoms. The lowest BCUT2D eigenvalue weighted by Gasteiger charge is -2.22. The summed E-state index contributed by atoms with van der Waals surface area (Å²) in [6.45, 7) is 0. The number of benzene rings is 2. The van der Waals surface area contributed by atoms with Crippen LogP contribution in [0.15, 0.2) is 40.9 Å². The molecule has 2 aromatic carbocycles. The second kappa shape index (κ2) is 6.51. The predicted octanol–water partition coefficient (Wildman–Crippen LogP) is 5.29. The summed E-state index contributed by atoms with van der Waals surface area (Å²) in [6.07, 6.45) is 5.08. The van der Waals surface area contributed by atoms with E-state index in [-0.39, 0.29) is 6.04 Å². The molecule has 3 heteroatoms. The van der Waals surface area contributed by atoms with Gasteiger partial charge in [-0.1, -0.05) is 35.9 Å². The highest BCUT2D eigenvalue weighted by molar-refractivity contribution is 9.10. The summed E-state index contributed by atoms with van der Waals surface area (Å²) in [7, 11) is 2.01. The minimum absolute atomic E-state index is 0.200. The third kappa shape index (κ3) is 3.18. The van der Waals surface area contributed by atoms with Crippen LogP contribution in [0.2, 0.25) is 5.02 Å². The molecule has 110 valence electrons. The van der Waals surface area contributed by atoms with Crippen molar-refractivity contribution in [2.45, 2.75) is 31.7 Å². The van der Waals surface area contributed by atoms with Gasteiger partial charge in [-0.3, -0.25) is 0 Å². The Hall–Kier alpha value is -0.830. The zero-order valence-corrected chi connectivity index (χ0v) is 14.5. The summed E-state index contributed by atoms with van der Waals surface area (Å²) in [4.78, 5) is 0. The van der Waals surface area contributed by atoms with Gasteiger partial charge in [-0.15, -0.1) is 0 Å². The molecule has 0 amide bonds. The topological polar surface area (TPSA) is 12.0 Å². The van der Waals surface area contributed by atoms with Gasteiger partial charge in [-0.25, -0.2) is 0 Å². The van der Waals surface area contributed by atoms with Crippen molar-refractivity contribution in [3.05, 3.63) is 68.1 Å². The van der Waals surface area contributed by atoms with E-state index in [1.54, 1.807) is 0 Å². The Balaban J connectivity index is 1.97. The van der Waals surface area contributed by atoms with Crippen molar-refractivity contribution in [1.29, 1.82) is 0 Å². The molecule has 1 N–H and O–H groups in total. The van der Waals surface area contributed by atoms with Crippen molar-refractivity contribution < 1.29 is 0 Å². The number of aryl methyl sites for hydroxylation is 2. The van der Waals surface area contributed by atoms with Crippen LogP contribution in [-0.4, -0.2) is 7.05 Å². The second-order valence-electron chi connectivity index (χ2n) is 5.63. The largest absolute Gasteiger partial charge is 0.309 e. The van der Waals surface area contributed by atoms with Crippen LogP contribution in [0.3, 0.4) is 0 Å². The Morgan fingerprint density at radius 1 is 1.00 bits per heavy atom. The van der Waals surface area contributed by atoms with E-state index < -0.39 is 0 Å². The van der Waals surface area contributed by atoms with Crippen LogP contribution in [0.4, 0.5) is 0 Å². The summed E-state index contributed by atoms with van der Waals surface area (Å²) >= 11 is 9.62. The molecule has 1 aliphatic carbocycles. The van der Waals surface area contributed by atoms with Gasteiger partial charge in [-0.2, -0.15) is 0 Å². The minimum Gasteiger partial charge on any atom is -0.309 e. The molecule has 0 radical (unpaired) electrons. The van der Waals surface area contributed by atoms with Crippen LogP contribution >= 0.6 is 27.5 Å². The van der Waals surface area contributed by atoms with Gasteiger partial charge in [0.2, 0.25) is 0 Å². The van der Waals surface area contributed by atoms with E-state index in [0.29, 0.717) is 0 Å². The third-order valence-corrected chi connectivity index (χ3v) is 5.49. The highest BCUT2D eigenvalue weighted by Gasteiger charge is 2.16. The quantitative estimate of drug-likeness (QED) is 0.780. The summed E-state index contributed by atoms with van der Waals surface area (Å²) in [5.74, 6) is 0. The molecule has 0 heterocycles. The molecule has 1 unspecified atom stereocenters. The summed E-state index contributed by atoms with van der Waals surface area (Å²) < 4.78 is 0.944. The van der Waals surface area contributed by atoms with Gasteiger partial charge in [0.15, 0.2) is 0 Å². The molecule has 2 aromatic rings.